The first-order chi connectivity index (χ1) is 11.8. The van der Waals surface area contributed by atoms with Crippen LogP contribution in [-0.2, 0) is 0 Å². The summed E-state index contributed by atoms with van der Waals surface area (Å²) in [6, 6.07) is 5.86. The van der Waals surface area contributed by atoms with Crippen LogP contribution >= 0.6 is 0 Å². The first-order valence-electron chi connectivity index (χ1n) is 9.75. The van der Waals surface area contributed by atoms with Crippen molar-refractivity contribution in [3.8, 4) is 17.2 Å². The second-order valence-corrected chi connectivity index (χ2v) is 6.34. The Kier molecular flexibility index (Phi) is 12.1. The summed E-state index contributed by atoms with van der Waals surface area (Å²) in [7, 11) is 1.68. The molecule has 0 bridgehead atoms. The standard InChI is InChI=1S/C21H36O3/c1-4-6-8-10-12-16-23-19-14-15-20(21(18-19)22-3)24-17-13-11-9-7-5-2/h14-15,18H,4-13,16-17H2,1-3H3. The van der Waals surface area contributed by atoms with Gasteiger partial charge in [-0.2, -0.15) is 0 Å². The number of unbranched alkanes of at least 4 members (excludes halogenated alkanes) is 8. The number of ether oxygens (including phenoxy) is 3. The van der Waals surface area contributed by atoms with Crippen molar-refractivity contribution < 1.29 is 14.2 Å². The smallest absolute Gasteiger partial charge is 0.164 e. The molecular weight excluding hydrogens is 300 g/mol. The third-order valence-corrected chi connectivity index (χ3v) is 4.16. The highest BCUT2D eigenvalue weighted by Gasteiger charge is 2.06. The van der Waals surface area contributed by atoms with E-state index in [1.54, 1.807) is 7.11 Å². The molecule has 1 aromatic rings. The molecule has 0 fully saturated rings. The zero-order valence-electron chi connectivity index (χ0n) is 15.9. The minimum Gasteiger partial charge on any atom is -0.493 e. The number of rotatable bonds is 15. The van der Waals surface area contributed by atoms with E-state index in [0.717, 1.165) is 43.3 Å². The number of hydrogen-bond donors (Lipinski definition) is 0. The van der Waals surface area contributed by atoms with Crippen LogP contribution in [0.25, 0.3) is 0 Å². The molecule has 1 rings (SSSR count). The van der Waals surface area contributed by atoms with Crippen molar-refractivity contribution in [2.45, 2.75) is 78.1 Å². The molecule has 138 valence electrons. The highest BCUT2D eigenvalue weighted by atomic mass is 16.5. The zero-order chi connectivity index (χ0) is 17.5. The van der Waals surface area contributed by atoms with Crippen LogP contribution in [-0.4, -0.2) is 20.3 Å². The zero-order valence-corrected chi connectivity index (χ0v) is 15.9. The Labute approximate surface area is 148 Å². The maximum absolute atomic E-state index is 5.85. The summed E-state index contributed by atoms with van der Waals surface area (Å²) >= 11 is 0. The summed E-state index contributed by atoms with van der Waals surface area (Å²) < 4.78 is 17.1. The van der Waals surface area contributed by atoms with Gasteiger partial charge < -0.3 is 14.2 Å². The van der Waals surface area contributed by atoms with Crippen molar-refractivity contribution in [1.82, 2.24) is 0 Å². The van der Waals surface area contributed by atoms with E-state index in [9.17, 15) is 0 Å². The van der Waals surface area contributed by atoms with E-state index in [1.165, 1.54) is 51.4 Å². The van der Waals surface area contributed by atoms with Crippen molar-refractivity contribution in [2.24, 2.45) is 0 Å². The maximum Gasteiger partial charge on any atom is 0.164 e. The van der Waals surface area contributed by atoms with Gasteiger partial charge in [-0.1, -0.05) is 65.2 Å². The summed E-state index contributed by atoms with van der Waals surface area (Å²) in [5.41, 5.74) is 0. The van der Waals surface area contributed by atoms with Crippen molar-refractivity contribution in [3.63, 3.8) is 0 Å². The van der Waals surface area contributed by atoms with Crippen LogP contribution in [0.15, 0.2) is 18.2 Å². The summed E-state index contributed by atoms with van der Waals surface area (Å²) in [6.07, 6.45) is 12.5. The predicted molar refractivity (Wildman–Crippen MR) is 102 cm³/mol. The van der Waals surface area contributed by atoms with Crippen molar-refractivity contribution in [2.75, 3.05) is 20.3 Å². The Balaban J connectivity index is 2.30. The minimum atomic E-state index is 0.748. The number of benzene rings is 1. The average Bonchev–Trinajstić information content (AvgIpc) is 2.61. The van der Waals surface area contributed by atoms with Gasteiger partial charge in [0.25, 0.3) is 0 Å². The monoisotopic (exact) mass is 336 g/mol. The lowest BCUT2D eigenvalue weighted by molar-refractivity contribution is 0.278. The predicted octanol–water partition coefficient (Wildman–Crippen LogP) is 6.39. The molecule has 0 heterocycles. The Morgan fingerprint density at radius 3 is 1.83 bits per heavy atom. The fraction of sp³-hybridized carbons (Fsp3) is 0.714. The molecule has 0 aliphatic rings. The molecule has 0 aliphatic carbocycles. The van der Waals surface area contributed by atoms with E-state index in [2.05, 4.69) is 13.8 Å². The molecule has 24 heavy (non-hydrogen) atoms. The van der Waals surface area contributed by atoms with Crippen LogP contribution in [0.1, 0.15) is 78.1 Å². The fourth-order valence-electron chi connectivity index (χ4n) is 2.64. The van der Waals surface area contributed by atoms with Gasteiger partial charge in [0.2, 0.25) is 0 Å². The molecule has 0 spiro atoms. The molecule has 1 aromatic carbocycles. The second-order valence-electron chi connectivity index (χ2n) is 6.34. The van der Waals surface area contributed by atoms with E-state index in [1.807, 2.05) is 18.2 Å². The van der Waals surface area contributed by atoms with Gasteiger partial charge in [0, 0.05) is 6.07 Å². The second kappa shape index (κ2) is 14.0. The van der Waals surface area contributed by atoms with E-state index >= 15 is 0 Å². The van der Waals surface area contributed by atoms with Crippen LogP contribution in [0.4, 0.5) is 0 Å². The van der Waals surface area contributed by atoms with Crippen LogP contribution in [0.5, 0.6) is 17.2 Å². The van der Waals surface area contributed by atoms with Crippen molar-refractivity contribution in [3.05, 3.63) is 18.2 Å². The van der Waals surface area contributed by atoms with Crippen LogP contribution in [0.2, 0.25) is 0 Å². The SMILES string of the molecule is CCCCCCCOc1ccc(OCCCCCCC)c(OC)c1. The molecule has 0 unspecified atom stereocenters. The molecule has 0 aliphatic heterocycles. The molecule has 3 heteroatoms. The minimum absolute atomic E-state index is 0.748. The molecule has 0 amide bonds. The average molecular weight is 337 g/mol. The van der Waals surface area contributed by atoms with Gasteiger partial charge in [0.1, 0.15) is 5.75 Å². The highest BCUT2D eigenvalue weighted by molar-refractivity contribution is 5.45. The number of methoxy groups -OCH3 is 1. The molecule has 0 aromatic heterocycles. The van der Waals surface area contributed by atoms with E-state index in [-0.39, 0.29) is 0 Å². The number of hydrogen-bond acceptors (Lipinski definition) is 3. The molecule has 3 nitrogen and oxygen atoms in total. The topological polar surface area (TPSA) is 27.7 Å². The third-order valence-electron chi connectivity index (χ3n) is 4.16. The van der Waals surface area contributed by atoms with Gasteiger partial charge >= 0.3 is 0 Å². The van der Waals surface area contributed by atoms with Crippen molar-refractivity contribution >= 4 is 0 Å². The van der Waals surface area contributed by atoms with Gasteiger partial charge in [-0.15, -0.1) is 0 Å². The molecule has 0 atom stereocenters. The Bertz CT molecular complexity index is 418. The fourth-order valence-corrected chi connectivity index (χ4v) is 2.64. The maximum atomic E-state index is 5.85. The Morgan fingerprint density at radius 1 is 0.667 bits per heavy atom. The first kappa shape index (κ1) is 20.7. The third kappa shape index (κ3) is 9.05. The first-order valence-corrected chi connectivity index (χ1v) is 9.75. The molecule has 0 N–H and O–H groups in total. The van der Waals surface area contributed by atoms with Gasteiger partial charge in [-0.3, -0.25) is 0 Å². The summed E-state index contributed by atoms with van der Waals surface area (Å²) in [4.78, 5) is 0. The largest absolute Gasteiger partial charge is 0.493 e. The molecular formula is C21H36O3. The normalized spacial score (nSPS) is 10.6. The molecule has 0 saturated carbocycles. The van der Waals surface area contributed by atoms with Gasteiger partial charge in [-0.05, 0) is 25.0 Å². The lowest BCUT2D eigenvalue weighted by Gasteiger charge is -2.13. The van der Waals surface area contributed by atoms with E-state index in [0.29, 0.717) is 0 Å². The van der Waals surface area contributed by atoms with Gasteiger partial charge in [0.05, 0.1) is 20.3 Å². The highest BCUT2D eigenvalue weighted by Crippen LogP contribution is 2.31. The Morgan fingerprint density at radius 2 is 1.25 bits per heavy atom. The Hall–Kier alpha value is -1.38. The van der Waals surface area contributed by atoms with Crippen LogP contribution in [0.3, 0.4) is 0 Å². The van der Waals surface area contributed by atoms with Crippen LogP contribution in [0, 0.1) is 0 Å². The quantitative estimate of drug-likeness (QED) is 0.347. The molecule has 0 radical (unpaired) electrons. The van der Waals surface area contributed by atoms with Crippen molar-refractivity contribution in [1.29, 1.82) is 0 Å². The van der Waals surface area contributed by atoms with Gasteiger partial charge in [-0.25, -0.2) is 0 Å². The molecule has 0 saturated heterocycles. The van der Waals surface area contributed by atoms with Crippen LogP contribution < -0.4 is 14.2 Å². The van der Waals surface area contributed by atoms with Gasteiger partial charge in [0.15, 0.2) is 11.5 Å². The lowest BCUT2D eigenvalue weighted by Crippen LogP contribution is -2.01. The summed E-state index contributed by atoms with van der Waals surface area (Å²) in [6.45, 7) is 5.98. The lowest BCUT2D eigenvalue weighted by atomic mass is 10.2. The summed E-state index contributed by atoms with van der Waals surface area (Å²) in [5, 5.41) is 0. The van der Waals surface area contributed by atoms with E-state index in [4.69, 9.17) is 14.2 Å². The van der Waals surface area contributed by atoms with E-state index < -0.39 is 0 Å². The summed E-state index contributed by atoms with van der Waals surface area (Å²) in [5.74, 6) is 2.42.